The van der Waals surface area contributed by atoms with Crippen molar-refractivity contribution in [2.45, 2.75) is 0 Å². The molecule has 0 saturated heterocycles. The molecule has 1 aromatic heterocycles. The van der Waals surface area contributed by atoms with Crippen LogP contribution >= 0.6 is 27.5 Å². The van der Waals surface area contributed by atoms with Crippen molar-refractivity contribution in [3.05, 3.63) is 39.8 Å². The number of halogens is 2. The van der Waals surface area contributed by atoms with Crippen LogP contribution in [0.2, 0.25) is 5.02 Å². The van der Waals surface area contributed by atoms with E-state index in [2.05, 4.69) is 25.9 Å². The van der Waals surface area contributed by atoms with Gasteiger partial charge in [0, 0.05) is 10.5 Å². The minimum absolute atomic E-state index is 0.474. The van der Waals surface area contributed by atoms with Crippen LogP contribution < -0.4 is 10.5 Å². The van der Waals surface area contributed by atoms with Crippen LogP contribution in [0.15, 0.2) is 34.8 Å². The molecule has 102 valence electrons. The highest BCUT2D eigenvalue weighted by Gasteiger charge is 2.13. The fraction of sp³-hybridized carbons (Fsp3) is 0.0714. The quantitative estimate of drug-likeness (QED) is 0.678. The van der Waals surface area contributed by atoms with Crippen molar-refractivity contribution in [2.75, 3.05) is 12.8 Å². The molecule has 0 atom stereocenters. The summed E-state index contributed by atoms with van der Waals surface area (Å²) in [5.41, 5.74) is 8.85. The number of nitrogens with two attached hydrogens (primary N) is 1. The first-order valence-electron chi connectivity index (χ1n) is 5.87. The second-order valence-electron chi connectivity index (χ2n) is 4.32. The number of aromatic amines is 1. The zero-order valence-electron chi connectivity index (χ0n) is 10.6. The van der Waals surface area contributed by atoms with Crippen molar-refractivity contribution in [3.8, 4) is 17.1 Å². The molecule has 0 aliphatic carbocycles. The van der Waals surface area contributed by atoms with Crippen LogP contribution in [0.5, 0.6) is 5.75 Å². The smallest absolute Gasteiger partial charge is 0.142 e. The lowest BCUT2D eigenvalue weighted by Gasteiger charge is -2.08. The molecule has 0 radical (unpaired) electrons. The monoisotopic (exact) mass is 351 g/mol. The molecule has 4 nitrogen and oxygen atoms in total. The maximum atomic E-state index is 6.09. The summed E-state index contributed by atoms with van der Waals surface area (Å²) in [5.74, 6) is 1.32. The van der Waals surface area contributed by atoms with Gasteiger partial charge in [-0.05, 0) is 24.3 Å². The first-order valence-corrected chi connectivity index (χ1v) is 7.04. The second-order valence-corrected chi connectivity index (χ2v) is 5.64. The number of H-pyrrole nitrogens is 1. The van der Waals surface area contributed by atoms with Crippen molar-refractivity contribution in [1.82, 2.24) is 9.97 Å². The summed E-state index contributed by atoms with van der Waals surface area (Å²) >= 11 is 9.52. The van der Waals surface area contributed by atoms with Crippen LogP contribution in [0.4, 0.5) is 5.69 Å². The number of nitrogens with zero attached hydrogens (tertiary/aromatic N) is 1. The average molecular weight is 353 g/mol. The number of benzene rings is 2. The van der Waals surface area contributed by atoms with E-state index in [4.69, 9.17) is 22.1 Å². The lowest BCUT2D eigenvalue weighted by Crippen LogP contribution is -1.93. The van der Waals surface area contributed by atoms with Crippen LogP contribution in [0.3, 0.4) is 0 Å². The first kappa shape index (κ1) is 13.3. The standard InChI is InChI=1S/C14H11BrClN3O/c1-20-13-6-10(17)9(16)5-8(13)14-18-11-3-2-7(15)4-12(11)19-14/h2-6H,17H2,1H3,(H,18,19). The minimum Gasteiger partial charge on any atom is -0.496 e. The summed E-state index contributed by atoms with van der Waals surface area (Å²) in [6.45, 7) is 0. The Labute approximate surface area is 129 Å². The highest BCUT2D eigenvalue weighted by atomic mass is 79.9. The number of fused-ring (bicyclic) bond motifs is 1. The molecule has 0 unspecified atom stereocenters. The van der Waals surface area contributed by atoms with Gasteiger partial charge in [-0.15, -0.1) is 0 Å². The largest absolute Gasteiger partial charge is 0.496 e. The molecule has 0 spiro atoms. The number of rotatable bonds is 2. The summed E-state index contributed by atoms with van der Waals surface area (Å²) in [6.07, 6.45) is 0. The molecule has 3 rings (SSSR count). The zero-order chi connectivity index (χ0) is 14.3. The van der Waals surface area contributed by atoms with Gasteiger partial charge in [-0.1, -0.05) is 27.5 Å². The number of hydrogen-bond donors (Lipinski definition) is 2. The van der Waals surface area contributed by atoms with Crippen LogP contribution in [0.25, 0.3) is 22.4 Å². The van der Waals surface area contributed by atoms with E-state index in [0.29, 0.717) is 22.3 Å². The van der Waals surface area contributed by atoms with Gasteiger partial charge in [0.05, 0.1) is 34.4 Å². The Hall–Kier alpha value is -1.72. The van der Waals surface area contributed by atoms with Crippen molar-refractivity contribution >= 4 is 44.3 Å². The Morgan fingerprint density at radius 1 is 1.30 bits per heavy atom. The molecular formula is C14H11BrClN3O. The average Bonchev–Trinajstić information content (AvgIpc) is 2.84. The predicted molar refractivity (Wildman–Crippen MR) is 85.2 cm³/mol. The van der Waals surface area contributed by atoms with E-state index in [1.54, 1.807) is 19.2 Å². The highest BCUT2D eigenvalue weighted by Crippen LogP contribution is 2.35. The van der Waals surface area contributed by atoms with Gasteiger partial charge >= 0.3 is 0 Å². The Balaban J connectivity index is 2.22. The second kappa shape index (κ2) is 5.00. The summed E-state index contributed by atoms with van der Waals surface area (Å²) in [4.78, 5) is 7.80. The van der Waals surface area contributed by atoms with E-state index in [1.165, 1.54) is 0 Å². The van der Waals surface area contributed by atoms with Crippen LogP contribution in [-0.2, 0) is 0 Å². The lowest BCUT2D eigenvalue weighted by molar-refractivity contribution is 0.416. The fourth-order valence-corrected chi connectivity index (χ4v) is 2.56. The number of ether oxygens (including phenoxy) is 1. The summed E-state index contributed by atoms with van der Waals surface area (Å²) in [5, 5.41) is 0.474. The third-order valence-electron chi connectivity index (χ3n) is 3.02. The maximum Gasteiger partial charge on any atom is 0.142 e. The number of nitrogen functional groups attached to an aromatic ring is 1. The van der Waals surface area contributed by atoms with E-state index < -0.39 is 0 Å². The third-order valence-corrected chi connectivity index (χ3v) is 3.84. The van der Waals surface area contributed by atoms with Crippen LogP contribution in [0.1, 0.15) is 0 Å². The van der Waals surface area contributed by atoms with Crippen LogP contribution in [0, 0.1) is 0 Å². The van der Waals surface area contributed by atoms with Gasteiger partial charge < -0.3 is 15.5 Å². The van der Waals surface area contributed by atoms with Gasteiger partial charge in [-0.3, -0.25) is 0 Å². The van der Waals surface area contributed by atoms with E-state index in [0.717, 1.165) is 21.1 Å². The molecule has 0 saturated carbocycles. The van der Waals surface area contributed by atoms with Crippen molar-refractivity contribution in [1.29, 1.82) is 0 Å². The SMILES string of the molecule is COc1cc(N)c(Cl)cc1-c1nc2ccc(Br)cc2[nH]1. The number of aromatic nitrogens is 2. The Morgan fingerprint density at radius 3 is 2.85 bits per heavy atom. The molecule has 0 aliphatic heterocycles. The lowest BCUT2D eigenvalue weighted by atomic mass is 10.1. The third kappa shape index (κ3) is 2.23. The summed E-state index contributed by atoms with van der Waals surface area (Å²) < 4.78 is 6.34. The maximum absolute atomic E-state index is 6.09. The number of imidazole rings is 1. The van der Waals surface area contributed by atoms with Crippen molar-refractivity contribution in [3.63, 3.8) is 0 Å². The predicted octanol–water partition coefficient (Wildman–Crippen LogP) is 4.24. The molecule has 3 aromatic rings. The van der Waals surface area contributed by atoms with E-state index in [-0.39, 0.29) is 0 Å². The molecule has 3 N–H and O–H groups in total. The van der Waals surface area contributed by atoms with Gasteiger partial charge in [0.2, 0.25) is 0 Å². The van der Waals surface area contributed by atoms with Gasteiger partial charge in [-0.25, -0.2) is 4.98 Å². The van der Waals surface area contributed by atoms with Crippen molar-refractivity contribution in [2.24, 2.45) is 0 Å². The van der Waals surface area contributed by atoms with Crippen LogP contribution in [-0.4, -0.2) is 17.1 Å². The number of hydrogen-bond acceptors (Lipinski definition) is 3. The Morgan fingerprint density at radius 2 is 2.10 bits per heavy atom. The van der Waals surface area contributed by atoms with E-state index in [1.807, 2.05) is 18.2 Å². The molecule has 6 heteroatoms. The Kier molecular flexibility index (Phi) is 3.31. The summed E-state index contributed by atoms with van der Waals surface area (Å²) in [6, 6.07) is 9.30. The molecule has 0 fully saturated rings. The zero-order valence-corrected chi connectivity index (χ0v) is 12.9. The number of anilines is 1. The molecule has 1 heterocycles. The normalized spacial score (nSPS) is 10.9. The Bertz CT molecular complexity index is 800. The fourth-order valence-electron chi connectivity index (χ4n) is 2.03. The number of methoxy groups -OCH3 is 1. The molecule has 0 amide bonds. The molecule has 20 heavy (non-hydrogen) atoms. The first-order chi connectivity index (χ1) is 9.58. The van der Waals surface area contributed by atoms with Crippen molar-refractivity contribution < 1.29 is 4.74 Å². The molecular weight excluding hydrogens is 342 g/mol. The number of nitrogens with one attached hydrogen (secondary N) is 1. The molecule has 0 bridgehead atoms. The summed E-state index contributed by atoms with van der Waals surface area (Å²) in [7, 11) is 1.59. The molecule has 2 aromatic carbocycles. The highest BCUT2D eigenvalue weighted by molar-refractivity contribution is 9.10. The molecule has 0 aliphatic rings. The van der Waals surface area contributed by atoms with E-state index >= 15 is 0 Å². The topological polar surface area (TPSA) is 63.9 Å². The van der Waals surface area contributed by atoms with Gasteiger partial charge in [-0.2, -0.15) is 0 Å². The van der Waals surface area contributed by atoms with E-state index in [9.17, 15) is 0 Å². The van der Waals surface area contributed by atoms with Gasteiger partial charge in [0.15, 0.2) is 0 Å². The minimum atomic E-state index is 0.474. The van der Waals surface area contributed by atoms with Gasteiger partial charge in [0.1, 0.15) is 11.6 Å². The van der Waals surface area contributed by atoms with Gasteiger partial charge in [0.25, 0.3) is 0 Å².